The average molecular weight is 299 g/mol. The Kier molecular flexibility index (Phi) is 3.42. The van der Waals surface area contributed by atoms with E-state index in [-0.39, 0.29) is 11.3 Å². The highest BCUT2D eigenvalue weighted by Crippen LogP contribution is 2.36. The van der Waals surface area contributed by atoms with Crippen LogP contribution in [0.2, 0.25) is 0 Å². The monoisotopic (exact) mass is 299 g/mol. The van der Waals surface area contributed by atoms with Crippen LogP contribution in [0.25, 0.3) is 6.08 Å². The number of nitrogens with zero attached hydrogens (tertiary/aromatic N) is 1. The maximum atomic E-state index is 11.9. The summed E-state index contributed by atoms with van der Waals surface area (Å²) < 4.78 is 9.37. The smallest absolute Gasteiger partial charge is 0.377 e. The van der Waals surface area contributed by atoms with Crippen LogP contribution in [0.5, 0.6) is 0 Å². The SMILES string of the molecule is COC(=O)C1=C(C(=O)OC)ON2C(=C1)C=Cc1ccccc12. The Bertz CT molecular complexity index is 745. The van der Waals surface area contributed by atoms with Crippen molar-refractivity contribution >= 4 is 23.7 Å². The molecule has 6 heteroatoms. The number of ether oxygens (including phenoxy) is 2. The molecule has 3 rings (SSSR count). The van der Waals surface area contributed by atoms with E-state index in [4.69, 9.17) is 9.57 Å². The molecule has 2 aliphatic heterocycles. The topological polar surface area (TPSA) is 65.1 Å². The standard InChI is InChI=1S/C16H13NO5/c1-20-15(18)12-9-11-8-7-10-5-3-4-6-13(10)17(11)22-14(12)16(19)21-2/h3-9H,1-2H3. The fourth-order valence-electron chi connectivity index (χ4n) is 2.26. The van der Waals surface area contributed by atoms with E-state index in [0.717, 1.165) is 11.3 Å². The van der Waals surface area contributed by atoms with Crippen molar-refractivity contribution in [3.05, 3.63) is 59.0 Å². The van der Waals surface area contributed by atoms with E-state index in [1.807, 2.05) is 30.3 Å². The van der Waals surface area contributed by atoms with Crippen LogP contribution < -0.4 is 5.06 Å². The molecule has 0 saturated carbocycles. The number of hydroxylamine groups is 1. The van der Waals surface area contributed by atoms with Gasteiger partial charge in [0.2, 0.25) is 0 Å². The molecule has 0 saturated heterocycles. The first-order chi connectivity index (χ1) is 10.7. The summed E-state index contributed by atoms with van der Waals surface area (Å²) in [7, 11) is 2.46. The lowest BCUT2D eigenvalue weighted by Gasteiger charge is -2.32. The van der Waals surface area contributed by atoms with Gasteiger partial charge < -0.3 is 14.3 Å². The van der Waals surface area contributed by atoms with Crippen molar-refractivity contribution in [2.45, 2.75) is 0 Å². The lowest BCUT2D eigenvalue weighted by atomic mass is 10.0. The molecular formula is C16H13NO5. The second kappa shape index (κ2) is 5.40. The number of hydrogen-bond donors (Lipinski definition) is 0. The van der Waals surface area contributed by atoms with Gasteiger partial charge in [0, 0.05) is 5.56 Å². The van der Waals surface area contributed by atoms with Gasteiger partial charge in [-0.25, -0.2) is 9.59 Å². The van der Waals surface area contributed by atoms with Crippen molar-refractivity contribution in [1.29, 1.82) is 0 Å². The number of rotatable bonds is 2. The zero-order valence-corrected chi connectivity index (χ0v) is 12.0. The number of allylic oxidation sites excluding steroid dienone is 1. The molecule has 0 atom stereocenters. The number of carbonyl (C=O) groups is 2. The summed E-state index contributed by atoms with van der Waals surface area (Å²) in [5.74, 6) is -1.62. The first kappa shape index (κ1) is 13.9. The summed E-state index contributed by atoms with van der Waals surface area (Å²) in [6.45, 7) is 0. The van der Waals surface area contributed by atoms with Crippen LogP contribution in [0.1, 0.15) is 5.56 Å². The van der Waals surface area contributed by atoms with E-state index in [2.05, 4.69) is 4.74 Å². The molecule has 0 spiro atoms. The molecule has 2 aliphatic rings. The van der Waals surface area contributed by atoms with E-state index in [1.54, 1.807) is 6.08 Å². The van der Waals surface area contributed by atoms with Crippen LogP contribution in [0.4, 0.5) is 5.69 Å². The number of benzene rings is 1. The molecule has 0 radical (unpaired) electrons. The molecule has 1 aromatic rings. The molecule has 112 valence electrons. The molecule has 0 bridgehead atoms. The fraction of sp³-hybridized carbons (Fsp3) is 0.125. The lowest BCUT2D eigenvalue weighted by molar-refractivity contribution is -0.142. The van der Waals surface area contributed by atoms with Gasteiger partial charge in [-0.1, -0.05) is 24.3 Å². The van der Waals surface area contributed by atoms with Gasteiger partial charge in [-0.2, -0.15) is 5.06 Å². The Balaban J connectivity index is 2.11. The Morgan fingerprint density at radius 1 is 1.05 bits per heavy atom. The second-order valence-electron chi connectivity index (χ2n) is 4.57. The largest absolute Gasteiger partial charge is 0.465 e. The normalized spacial score (nSPS) is 15.4. The molecule has 2 heterocycles. The quantitative estimate of drug-likeness (QED) is 0.778. The number of hydrogen-bond acceptors (Lipinski definition) is 6. The van der Waals surface area contributed by atoms with E-state index in [0.29, 0.717) is 5.70 Å². The van der Waals surface area contributed by atoms with E-state index in [1.165, 1.54) is 25.4 Å². The number of fused-ring (bicyclic) bond motifs is 3. The van der Waals surface area contributed by atoms with Crippen LogP contribution >= 0.6 is 0 Å². The zero-order valence-electron chi connectivity index (χ0n) is 12.0. The maximum Gasteiger partial charge on any atom is 0.377 e. The number of methoxy groups -OCH3 is 2. The van der Waals surface area contributed by atoms with Crippen molar-refractivity contribution < 1.29 is 23.9 Å². The second-order valence-corrected chi connectivity index (χ2v) is 4.57. The number of anilines is 1. The summed E-state index contributed by atoms with van der Waals surface area (Å²) in [4.78, 5) is 29.4. The molecule has 22 heavy (non-hydrogen) atoms. The number of carbonyl (C=O) groups excluding carboxylic acids is 2. The van der Waals surface area contributed by atoms with Crippen LogP contribution in [0.3, 0.4) is 0 Å². The highest BCUT2D eigenvalue weighted by Gasteiger charge is 2.33. The minimum Gasteiger partial charge on any atom is -0.465 e. The highest BCUT2D eigenvalue weighted by atomic mass is 16.7. The molecule has 0 aromatic heterocycles. The van der Waals surface area contributed by atoms with Crippen molar-refractivity contribution in [3.63, 3.8) is 0 Å². The Morgan fingerprint density at radius 2 is 1.77 bits per heavy atom. The summed E-state index contributed by atoms with van der Waals surface area (Å²) in [5, 5.41) is 1.48. The minimum absolute atomic E-state index is 0.0182. The third kappa shape index (κ3) is 2.14. The van der Waals surface area contributed by atoms with Crippen molar-refractivity contribution in [3.8, 4) is 0 Å². The van der Waals surface area contributed by atoms with Crippen LogP contribution in [-0.2, 0) is 23.9 Å². The zero-order chi connectivity index (χ0) is 15.7. The average Bonchev–Trinajstić information content (AvgIpc) is 2.59. The van der Waals surface area contributed by atoms with E-state index < -0.39 is 11.9 Å². The van der Waals surface area contributed by atoms with Gasteiger partial charge in [-0.05, 0) is 18.2 Å². The summed E-state index contributed by atoms with van der Waals surface area (Å²) in [6.07, 6.45) is 5.23. The predicted molar refractivity (Wildman–Crippen MR) is 78.2 cm³/mol. The van der Waals surface area contributed by atoms with Crippen LogP contribution in [-0.4, -0.2) is 26.2 Å². The van der Waals surface area contributed by atoms with Gasteiger partial charge in [0.25, 0.3) is 5.76 Å². The lowest BCUT2D eigenvalue weighted by Crippen LogP contribution is -2.32. The maximum absolute atomic E-state index is 11.9. The van der Waals surface area contributed by atoms with Crippen molar-refractivity contribution in [1.82, 2.24) is 0 Å². The first-order valence-electron chi connectivity index (χ1n) is 6.53. The van der Waals surface area contributed by atoms with Gasteiger partial charge in [0.1, 0.15) is 5.57 Å². The van der Waals surface area contributed by atoms with Gasteiger partial charge in [-0.3, -0.25) is 0 Å². The Morgan fingerprint density at radius 3 is 2.50 bits per heavy atom. The number of esters is 2. The van der Waals surface area contributed by atoms with Gasteiger partial charge in [-0.15, -0.1) is 0 Å². The van der Waals surface area contributed by atoms with Crippen molar-refractivity contribution in [2.75, 3.05) is 19.3 Å². The van der Waals surface area contributed by atoms with Crippen molar-refractivity contribution in [2.24, 2.45) is 0 Å². The molecule has 0 fully saturated rings. The summed E-state index contributed by atoms with van der Waals surface area (Å²) in [5.41, 5.74) is 2.34. The Labute approximate surface area is 126 Å². The van der Waals surface area contributed by atoms with Crippen LogP contribution in [0, 0.1) is 0 Å². The molecule has 1 aromatic carbocycles. The van der Waals surface area contributed by atoms with E-state index in [9.17, 15) is 9.59 Å². The molecule has 6 nitrogen and oxygen atoms in total. The third-order valence-electron chi connectivity index (χ3n) is 3.32. The molecule has 0 amide bonds. The highest BCUT2D eigenvalue weighted by molar-refractivity contribution is 6.02. The van der Waals surface area contributed by atoms with Gasteiger partial charge in [0.15, 0.2) is 0 Å². The molecule has 0 aliphatic carbocycles. The van der Waals surface area contributed by atoms with E-state index >= 15 is 0 Å². The fourth-order valence-corrected chi connectivity index (χ4v) is 2.26. The van der Waals surface area contributed by atoms with Gasteiger partial charge in [0.05, 0.1) is 25.6 Å². The molecule has 0 N–H and O–H groups in total. The summed E-state index contributed by atoms with van der Waals surface area (Å²) in [6, 6.07) is 7.53. The van der Waals surface area contributed by atoms with Gasteiger partial charge >= 0.3 is 11.9 Å². The Hall–Kier alpha value is -3.02. The first-order valence-corrected chi connectivity index (χ1v) is 6.53. The third-order valence-corrected chi connectivity index (χ3v) is 3.32. The van der Waals surface area contributed by atoms with Crippen LogP contribution in [0.15, 0.2) is 53.4 Å². The molecule has 0 unspecified atom stereocenters. The minimum atomic E-state index is -0.747. The predicted octanol–water partition coefficient (Wildman–Crippen LogP) is 1.95. The molecular weight excluding hydrogens is 286 g/mol. The summed E-state index contributed by atoms with van der Waals surface area (Å²) >= 11 is 0. The number of para-hydroxylation sites is 1.